The van der Waals surface area contributed by atoms with E-state index in [0.717, 1.165) is 22.3 Å². The zero-order valence-corrected chi connectivity index (χ0v) is 17.5. The topological polar surface area (TPSA) is 57.6 Å². The van der Waals surface area contributed by atoms with E-state index in [1.165, 1.54) is 0 Å². The smallest absolute Gasteiger partial charge is 0.264 e. The number of amides is 1. The summed E-state index contributed by atoms with van der Waals surface area (Å²) in [6.07, 6.45) is -0.281. The minimum absolute atomic E-state index is 0.240. The van der Waals surface area contributed by atoms with Crippen LogP contribution in [0.3, 0.4) is 0 Å². The first-order valence-electron chi connectivity index (χ1n) is 10.1. The van der Waals surface area contributed by atoms with Crippen LogP contribution in [-0.4, -0.2) is 16.8 Å². The van der Waals surface area contributed by atoms with Gasteiger partial charge in [0.05, 0.1) is 18.7 Å². The van der Waals surface area contributed by atoms with Gasteiger partial charge in [-0.25, -0.2) is 0 Å². The number of benzene rings is 3. The number of carbonyl (C=O) groups excluding carboxylic acids is 2. The highest BCUT2D eigenvalue weighted by atomic mass is 16.3. The standard InChI is InChI=1S/C26H25NO3/c1-17-8-11-20(12-9-17)16-27-23-7-5-4-6-22(23)26(30,25(27)29)15-24(28)21-13-10-18(2)14-19(21)3/h4-14,30H,15-16H2,1-3H3. The van der Waals surface area contributed by atoms with Crippen molar-refractivity contribution in [2.45, 2.75) is 39.3 Å². The monoisotopic (exact) mass is 399 g/mol. The molecule has 1 N–H and O–H groups in total. The van der Waals surface area contributed by atoms with Crippen LogP contribution < -0.4 is 4.90 Å². The predicted octanol–water partition coefficient (Wildman–Crippen LogP) is 4.62. The second-order valence-electron chi connectivity index (χ2n) is 8.17. The summed E-state index contributed by atoms with van der Waals surface area (Å²) in [5, 5.41) is 11.5. The lowest BCUT2D eigenvalue weighted by atomic mass is 9.87. The van der Waals surface area contributed by atoms with E-state index in [0.29, 0.717) is 23.4 Å². The summed E-state index contributed by atoms with van der Waals surface area (Å²) in [5.74, 6) is -0.697. The van der Waals surface area contributed by atoms with Gasteiger partial charge in [-0.2, -0.15) is 0 Å². The van der Waals surface area contributed by atoms with Crippen molar-refractivity contribution in [3.8, 4) is 0 Å². The fourth-order valence-corrected chi connectivity index (χ4v) is 4.16. The lowest BCUT2D eigenvalue weighted by Gasteiger charge is -2.23. The van der Waals surface area contributed by atoms with Gasteiger partial charge in [0.15, 0.2) is 11.4 Å². The number of nitrogens with zero attached hydrogens (tertiary/aromatic N) is 1. The summed E-state index contributed by atoms with van der Waals surface area (Å²) >= 11 is 0. The van der Waals surface area contributed by atoms with Gasteiger partial charge in [-0.05, 0) is 38.0 Å². The Bertz CT molecular complexity index is 1130. The molecule has 1 amide bonds. The third kappa shape index (κ3) is 3.44. The molecule has 0 aliphatic carbocycles. The highest BCUT2D eigenvalue weighted by Crippen LogP contribution is 2.43. The summed E-state index contributed by atoms with van der Waals surface area (Å²) < 4.78 is 0. The number of carbonyl (C=O) groups is 2. The number of Topliss-reactive ketones (excluding diaryl/α,β-unsaturated/α-hetero) is 1. The first kappa shape index (κ1) is 20.0. The maximum atomic E-state index is 13.4. The average Bonchev–Trinajstić information content (AvgIpc) is 2.91. The Balaban J connectivity index is 1.68. The Morgan fingerprint density at radius 1 is 0.933 bits per heavy atom. The number of aliphatic hydroxyl groups is 1. The molecule has 0 radical (unpaired) electrons. The molecule has 0 bridgehead atoms. The van der Waals surface area contributed by atoms with Crippen molar-refractivity contribution in [3.05, 3.63) is 100 Å². The molecular weight excluding hydrogens is 374 g/mol. The third-order valence-corrected chi connectivity index (χ3v) is 5.80. The molecule has 4 heteroatoms. The number of hydrogen-bond acceptors (Lipinski definition) is 3. The molecule has 0 saturated heterocycles. The van der Waals surface area contributed by atoms with Crippen molar-refractivity contribution < 1.29 is 14.7 Å². The second kappa shape index (κ2) is 7.54. The second-order valence-corrected chi connectivity index (χ2v) is 8.17. The van der Waals surface area contributed by atoms with E-state index in [9.17, 15) is 14.7 Å². The largest absolute Gasteiger partial charge is 0.375 e. The molecule has 4 rings (SSSR count). The van der Waals surface area contributed by atoms with Crippen LogP contribution in [0, 0.1) is 20.8 Å². The van der Waals surface area contributed by atoms with Crippen LogP contribution in [0.15, 0.2) is 66.7 Å². The molecule has 152 valence electrons. The van der Waals surface area contributed by atoms with Crippen LogP contribution in [0.4, 0.5) is 5.69 Å². The van der Waals surface area contributed by atoms with Crippen molar-refractivity contribution in [2.75, 3.05) is 4.90 Å². The molecular formula is C26H25NO3. The van der Waals surface area contributed by atoms with E-state index < -0.39 is 11.5 Å². The van der Waals surface area contributed by atoms with Gasteiger partial charge in [0.2, 0.25) is 0 Å². The van der Waals surface area contributed by atoms with Gasteiger partial charge in [0, 0.05) is 11.1 Å². The Labute approximate surface area is 176 Å². The molecule has 1 aliphatic heterocycles. The van der Waals surface area contributed by atoms with Crippen molar-refractivity contribution in [3.63, 3.8) is 0 Å². The molecule has 1 unspecified atom stereocenters. The molecule has 4 nitrogen and oxygen atoms in total. The van der Waals surface area contributed by atoms with E-state index in [1.54, 1.807) is 23.1 Å². The van der Waals surface area contributed by atoms with E-state index >= 15 is 0 Å². The van der Waals surface area contributed by atoms with Gasteiger partial charge in [0.1, 0.15) is 0 Å². The van der Waals surface area contributed by atoms with Crippen molar-refractivity contribution in [2.24, 2.45) is 0 Å². The minimum atomic E-state index is -1.87. The lowest BCUT2D eigenvalue weighted by molar-refractivity contribution is -0.136. The highest BCUT2D eigenvalue weighted by Gasteiger charge is 2.50. The average molecular weight is 399 g/mol. The quantitative estimate of drug-likeness (QED) is 0.637. The number of para-hydroxylation sites is 1. The molecule has 0 saturated carbocycles. The number of rotatable bonds is 5. The predicted molar refractivity (Wildman–Crippen MR) is 118 cm³/mol. The molecule has 1 aliphatic rings. The highest BCUT2D eigenvalue weighted by molar-refractivity contribution is 6.11. The number of aryl methyl sites for hydroxylation is 3. The summed E-state index contributed by atoms with van der Waals surface area (Å²) in [7, 11) is 0. The normalized spacial score (nSPS) is 17.9. The van der Waals surface area contributed by atoms with E-state index in [1.807, 2.05) is 69.3 Å². The first-order chi connectivity index (χ1) is 14.3. The zero-order chi connectivity index (χ0) is 21.5. The molecule has 0 spiro atoms. The summed E-state index contributed by atoms with van der Waals surface area (Å²) in [5.41, 5.74) is 3.83. The molecule has 3 aromatic rings. The van der Waals surface area contributed by atoms with Crippen LogP contribution in [0.5, 0.6) is 0 Å². The lowest BCUT2D eigenvalue weighted by Crippen LogP contribution is -2.41. The van der Waals surface area contributed by atoms with Crippen molar-refractivity contribution >= 4 is 17.4 Å². The van der Waals surface area contributed by atoms with Gasteiger partial charge < -0.3 is 10.0 Å². The van der Waals surface area contributed by atoms with Crippen LogP contribution >= 0.6 is 0 Å². The minimum Gasteiger partial charge on any atom is -0.375 e. The Morgan fingerprint density at radius 2 is 1.60 bits per heavy atom. The maximum absolute atomic E-state index is 13.4. The first-order valence-corrected chi connectivity index (χ1v) is 10.1. The number of fused-ring (bicyclic) bond motifs is 1. The Kier molecular flexibility index (Phi) is 5.04. The summed E-state index contributed by atoms with van der Waals surface area (Å²) in [4.78, 5) is 28.0. The van der Waals surface area contributed by atoms with Gasteiger partial charge in [-0.1, -0.05) is 71.8 Å². The number of hydrogen-bond donors (Lipinski definition) is 1. The van der Waals surface area contributed by atoms with Crippen LogP contribution in [0.25, 0.3) is 0 Å². The van der Waals surface area contributed by atoms with Crippen LogP contribution in [0.2, 0.25) is 0 Å². The fourth-order valence-electron chi connectivity index (χ4n) is 4.16. The van der Waals surface area contributed by atoms with Crippen molar-refractivity contribution in [1.82, 2.24) is 0 Å². The van der Waals surface area contributed by atoms with E-state index in [2.05, 4.69) is 0 Å². The molecule has 1 atom stereocenters. The fraction of sp³-hybridized carbons (Fsp3) is 0.231. The van der Waals surface area contributed by atoms with Gasteiger partial charge in [-0.15, -0.1) is 0 Å². The van der Waals surface area contributed by atoms with Gasteiger partial charge in [-0.3, -0.25) is 9.59 Å². The Hall–Kier alpha value is -3.24. The molecule has 1 heterocycles. The van der Waals surface area contributed by atoms with Crippen LogP contribution in [-0.2, 0) is 16.9 Å². The van der Waals surface area contributed by atoms with Crippen LogP contribution in [0.1, 0.15) is 44.6 Å². The molecule has 0 fully saturated rings. The van der Waals surface area contributed by atoms with E-state index in [-0.39, 0.29) is 12.2 Å². The summed E-state index contributed by atoms with van der Waals surface area (Å²) in [6, 6.07) is 20.7. The summed E-state index contributed by atoms with van der Waals surface area (Å²) in [6.45, 7) is 6.20. The number of ketones is 1. The zero-order valence-electron chi connectivity index (χ0n) is 17.5. The third-order valence-electron chi connectivity index (χ3n) is 5.80. The molecule has 30 heavy (non-hydrogen) atoms. The maximum Gasteiger partial charge on any atom is 0.264 e. The van der Waals surface area contributed by atoms with E-state index in [4.69, 9.17) is 0 Å². The van der Waals surface area contributed by atoms with Gasteiger partial charge in [0.25, 0.3) is 5.91 Å². The van der Waals surface area contributed by atoms with Gasteiger partial charge >= 0.3 is 0 Å². The Morgan fingerprint density at radius 3 is 2.30 bits per heavy atom. The molecule has 3 aromatic carbocycles. The molecule has 0 aromatic heterocycles. The SMILES string of the molecule is Cc1ccc(CN2C(=O)C(O)(CC(=O)c3ccc(C)cc3C)c3ccccc32)cc1. The van der Waals surface area contributed by atoms with Crippen molar-refractivity contribution in [1.29, 1.82) is 0 Å². The number of anilines is 1.